The van der Waals surface area contributed by atoms with E-state index in [4.69, 9.17) is 28.9 Å². The van der Waals surface area contributed by atoms with Gasteiger partial charge in [-0.25, -0.2) is 8.78 Å². The van der Waals surface area contributed by atoms with E-state index in [0.29, 0.717) is 61.7 Å². The van der Waals surface area contributed by atoms with Gasteiger partial charge in [-0.1, -0.05) is 52.4 Å². The van der Waals surface area contributed by atoms with E-state index in [-0.39, 0.29) is 28.6 Å². The van der Waals surface area contributed by atoms with Crippen LogP contribution in [0.1, 0.15) is 30.7 Å². The number of allylic oxidation sites excluding steroid dienone is 3. The van der Waals surface area contributed by atoms with E-state index in [2.05, 4.69) is 21.6 Å². The summed E-state index contributed by atoms with van der Waals surface area (Å²) in [5, 5.41) is 21.9. The second-order valence-corrected chi connectivity index (χ2v) is 11.8. The minimum Gasteiger partial charge on any atom is -0.384 e. The van der Waals surface area contributed by atoms with Gasteiger partial charge in [0.15, 0.2) is 10.1 Å². The van der Waals surface area contributed by atoms with Crippen molar-refractivity contribution in [3.63, 3.8) is 0 Å². The van der Waals surface area contributed by atoms with Crippen LogP contribution >= 0.6 is 46.3 Å². The highest BCUT2D eigenvalue weighted by molar-refractivity contribution is 8.01. The lowest BCUT2D eigenvalue weighted by Gasteiger charge is -2.38. The molecule has 1 atom stereocenters. The molecule has 1 aliphatic heterocycles. The minimum absolute atomic E-state index is 0.101. The van der Waals surface area contributed by atoms with Gasteiger partial charge in [-0.3, -0.25) is 14.5 Å². The van der Waals surface area contributed by atoms with Crippen LogP contribution in [-0.4, -0.2) is 27.6 Å². The second kappa shape index (κ2) is 11.5. The molecule has 2 aromatic carbocycles. The highest BCUT2D eigenvalue weighted by Gasteiger charge is 2.42. The standard InChI is InChI=1S/C26H18Cl2F2N6O2S2/c27-12-4-6-14(16(28)8-12)22-15(10-31)24(32)36(19-2-1-3-20(37)23(19)22)25-34-35-26(40-25)39-11-21(38)33-18-7-5-13(29)9-17(18)30/h4-9,22H,1-3,11,32H2,(H,33,38). The molecule has 3 aromatic rings. The Morgan fingerprint density at radius 1 is 1.23 bits per heavy atom. The van der Waals surface area contributed by atoms with Gasteiger partial charge in [0.1, 0.15) is 17.5 Å². The van der Waals surface area contributed by atoms with Gasteiger partial charge < -0.3 is 11.1 Å². The van der Waals surface area contributed by atoms with E-state index in [1.807, 2.05) is 0 Å². The number of nitrogens with two attached hydrogens (primary N) is 1. The molecule has 0 saturated carbocycles. The van der Waals surface area contributed by atoms with Gasteiger partial charge in [0, 0.05) is 33.8 Å². The second-order valence-electron chi connectivity index (χ2n) is 8.79. The van der Waals surface area contributed by atoms with Crippen LogP contribution in [0.15, 0.2) is 63.4 Å². The molecule has 1 amide bonds. The first-order valence-electron chi connectivity index (χ1n) is 11.8. The van der Waals surface area contributed by atoms with E-state index >= 15 is 0 Å². The minimum atomic E-state index is -0.887. The first-order valence-corrected chi connectivity index (χ1v) is 14.4. The number of Topliss-reactive ketones (excluding diaryl/α,β-unsaturated/α-hetero) is 1. The maximum atomic E-state index is 13.9. The molecule has 14 heteroatoms. The molecular formula is C26H18Cl2F2N6O2S2. The van der Waals surface area contributed by atoms with Crippen molar-refractivity contribution in [2.45, 2.75) is 29.5 Å². The summed E-state index contributed by atoms with van der Waals surface area (Å²) in [4.78, 5) is 27.2. The predicted molar refractivity (Wildman–Crippen MR) is 150 cm³/mol. The Bertz CT molecular complexity index is 1650. The number of benzene rings is 2. The number of nitriles is 1. The molecule has 1 unspecified atom stereocenters. The van der Waals surface area contributed by atoms with Gasteiger partial charge in [0.05, 0.1) is 29.0 Å². The van der Waals surface area contributed by atoms with Gasteiger partial charge in [-0.2, -0.15) is 5.26 Å². The third kappa shape index (κ3) is 5.42. The number of carbonyl (C=O) groups is 2. The quantitative estimate of drug-likeness (QED) is 0.315. The highest BCUT2D eigenvalue weighted by Crippen LogP contribution is 2.48. The third-order valence-corrected chi connectivity index (χ3v) is 8.91. The number of amides is 1. The molecule has 0 fully saturated rings. The molecule has 204 valence electrons. The molecule has 0 saturated heterocycles. The zero-order valence-electron chi connectivity index (χ0n) is 20.4. The molecular weight excluding hydrogens is 601 g/mol. The zero-order chi connectivity index (χ0) is 28.6. The molecule has 1 aliphatic carbocycles. The number of carbonyl (C=O) groups excluding carboxylic acids is 2. The molecule has 40 heavy (non-hydrogen) atoms. The number of ketones is 1. The van der Waals surface area contributed by atoms with Crippen LogP contribution in [0, 0.1) is 23.0 Å². The predicted octanol–water partition coefficient (Wildman–Crippen LogP) is 6.16. The molecule has 2 aliphatic rings. The average molecular weight is 620 g/mol. The fourth-order valence-electron chi connectivity index (χ4n) is 4.61. The van der Waals surface area contributed by atoms with Gasteiger partial charge in [0.2, 0.25) is 11.0 Å². The Balaban J connectivity index is 1.43. The number of halogens is 4. The van der Waals surface area contributed by atoms with Crippen molar-refractivity contribution < 1.29 is 18.4 Å². The molecule has 5 rings (SSSR count). The Kier molecular flexibility index (Phi) is 8.09. The smallest absolute Gasteiger partial charge is 0.234 e. The number of rotatable bonds is 6. The summed E-state index contributed by atoms with van der Waals surface area (Å²) in [6.07, 6.45) is 1.41. The number of anilines is 2. The van der Waals surface area contributed by atoms with Crippen molar-refractivity contribution in [1.29, 1.82) is 5.26 Å². The van der Waals surface area contributed by atoms with Crippen LogP contribution < -0.4 is 16.0 Å². The van der Waals surface area contributed by atoms with E-state index in [1.54, 1.807) is 23.1 Å². The lowest BCUT2D eigenvalue weighted by atomic mass is 9.76. The van der Waals surface area contributed by atoms with E-state index in [9.17, 15) is 23.6 Å². The topological polar surface area (TPSA) is 125 Å². The number of aromatic nitrogens is 2. The first-order chi connectivity index (χ1) is 19.2. The summed E-state index contributed by atoms with van der Waals surface area (Å²) in [5.74, 6) is -3.06. The number of hydrogen-bond acceptors (Lipinski definition) is 9. The molecule has 2 heterocycles. The Morgan fingerprint density at radius 3 is 2.75 bits per heavy atom. The Morgan fingerprint density at radius 2 is 2.02 bits per heavy atom. The van der Waals surface area contributed by atoms with Crippen molar-refractivity contribution >= 4 is 68.8 Å². The van der Waals surface area contributed by atoms with Crippen molar-refractivity contribution in [3.05, 3.63) is 86.3 Å². The van der Waals surface area contributed by atoms with E-state index in [1.165, 1.54) is 0 Å². The van der Waals surface area contributed by atoms with Gasteiger partial charge in [0.25, 0.3) is 0 Å². The fraction of sp³-hybridized carbons (Fsp3) is 0.192. The van der Waals surface area contributed by atoms with Crippen LogP contribution in [0.2, 0.25) is 10.0 Å². The molecule has 0 spiro atoms. The Hall–Kier alpha value is -3.50. The van der Waals surface area contributed by atoms with Crippen LogP contribution in [0.3, 0.4) is 0 Å². The average Bonchev–Trinajstić information content (AvgIpc) is 3.37. The number of hydrogen-bond donors (Lipinski definition) is 2. The maximum Gasteiger partial charge on any atom is 0.234 e. The van der Waals surface area contributed by atoms with Crippen LogP contribution in [0.5, 0.6) is 0 Å². The molecule has 8 nitrogen and oxygen atoms in total. The SMILES string of the molecule is N#CC1=C(N)N(c2nnc(SCC(=O)Nc3ccc(F)cc3F)s2)C2=C(C(=O)CCC2)C1c1ccc(Cl)cc1Cl. The van der Waals surface area contributed by atoms with Crippen LogP contribution in [0.25, 0.3) is 0 Å². The lowest BCUT2D eigenvalue weighted by molar-refractivity contribution is -0.116. The van der Waals surface area contributed by atoms with Crippen LogP contribution in [0.4, 0.5) is 19.6 Å². The van der Waals surface area contributed by atoms with Crippen LogP contribution in [-0.2, 0) is 9.59 Å². The summed E-state index contributed by atoms with van der Waals surface area (Å²) in [6, 6.07) is 9.89. The van der Waals surface area contributed by atoms with E-state index < -0.39 is 23.5 Å². The third-order valence-electron chi connectivity index (χ3n) is 6.31. The van der Waals surface area contributed by atoms with Gasteiger partial charge in [-0.05, 0) is 42.7 Å². The maximum absolute atomic E-state index is 13.9. The first kappa shape index (κ1) is 28.0. The van der Waals surface area contributed by atoms with E-state index in [0.717, 1.165) is 35.2 Å². The summed E-state index contributed by atoms with van der Waals surface area (Å²) in [7, 11) is 0. The number of nitrogens with one attached hydrogen (secondary N) is 1. The summed E-state index contributed by atoms with van der Waals surface area (Å²) < 4.78 is 27.4. The molecule has 1 aromatic heterocycles. The monoisotopic (exact) mass is 618 g/mol. The highest BCUT2D eigenvalue weighted by atomic mass is 35.5. The Labute approximate surface area is 245 Å². The van der Waals surface area contributed by atoms with Crippen molar-refractivity contribution in [2.75, 3.05) is 16.0 Å². The fourth-order valence-corrected chi connectivity index (χ4v) is 6.81. The number of nitrogens with zero attached hydrogens (tertiary/aromatic N) is 4. The van der Waals surface area contributed by atoms with Crippen molar-refractivity contribution in [2.24, 2.45) is 5.73 Å². The molecule has 0 radical (unpaired) electrons. The van der Waals surface area contributed by atoms with Gasteiger partial charge >= 0.3 is 0 Å². The summed E-state index contributed by atoms with van der Waals surface area (Å²) >= 11 is 14.8. The lowest BCUT2D eigenvalue weighted by Crippen LogP contribution is -2.38. The molecule has 3 N–H and O–H groups in total. The normalized spacial score (nSPS) is 17.1. The van der Waals surface area contributed by atoms with Crippen molar-refractivity contribution in [1.82, 2.24) is 10.2 Å². The zero-order valence-corrected chi connectivity index (χ0v) is 23.5. The van der Waals surface area contributed by atoms with Gasteiger partial charge in [-0.15, -0.1) is 10.2 Å². The summed E-state index contributed by atoms with van der Waals surface area (Å²) in [5.41, 5.74) is 8.12. The van der Waals surface area contributed by atoms with Crippen molar-refractivity contribution in [3.8, 4) is 6.07 Å². The number of thioether (sulfide) groups is 1. The largest absolute Gasteiger partial charge is 0.384 e. The summed E-state index contributed by atoms with van der Waals surface area (Å²) in [6.45, 7) is 0. The molecule has 0 bridgehead atoms.